The summed E-state index contributed by atoms with van der Waals surface area (Å²) in [6.45, 7) is 9.73. The summed E-state index contributed by atoms with van der Waals surface area (Å²) in [4.78, 5) is 0. The summed E-state index contributed by atoms with van der Waals surface area (Å²) in [6, 6.07) is 0. The molecular weight excluding hydrogens is 128 g/mol. The van der Waals surface area contributed by atoms with E-state index in [4.69, 9.17) is 6.58 Å². The van der Waals surface area contributed by atoms with Crippen LogP contribution in [0.1, 0.15) is 26.7 Å². The number of thioether (sulfide) groups is 1. The van der Waals surface area contributed by atoms with E-state index in [1.54, 1.807) is 6.08 Å². The molecule has 0 aliphatic heterocycles. The summed E-state index contributed by atoms with van der Waals surface area (Å²) in [7, 11) is 0. The first-order valence-electron chi connectivity index (χ1n) is 3.21. The predicted octanol–water partition coefficient (Wildman–Crippen LogP) is 2.90. The van der Waals surface area contributed by atoms with Gasteiger partial charge in [0.25, 0.3) is 0 Å². The van der Waals surface area contributed by atoms with Gasteiger partial charge < -0.3 is 0 Å². The highest BCUT2D eigenvalue weighted by molar-refractivity contribution is 7.99. The van der Waals surface area contributed by atoms with Crippen LogP contribution in [0.25, 0.3) is 0 Å². The fraction of sp³-hybridized carbons (Fsp3) is 0.750. The maximum atomic E-state index is 5.26. The predicted molar refractivity (Wildman–Crippen MR) is 45.7 cm³/mol. The molecule has 0 N–H and O–H groups in total. The molecule has 0 rings (SSSR count). The van der Waals surface area contributed by atoms with E-state index >= 15 is 0 Å². The van der Waals surface area contributed by atoms with Gasteiger partial charge in [-0.15, -0.1) is 0 Å². The van der Waals surface area contributed by atoms with E-state index in [0.717, 1.165) is 6.42 Å². The van der Waals surface area contributed by atoms with Gasteiger partial charge >= 0.3 is 0 Å². The van der Waals surface area contributed by atoms with Gasteiger partial charge in [-0.1, -0.05) is 26.5 Å². The second kappa shape index (κ2) is 3.99. The average Bonchev–Trinajstić information content (AvgIpc) is 1.84. The minimum atomic E-state index is 0.399. The molecule has 53 valence electrons. The van der Waals surface area contributed by atoms with Crippen molar-refractivity contribution in [1.29, 1.82) is 0 Å². The van der Waals surface area contributed by atoms with Crippen LogP contribution < -0.4 is 0 Å². The molecule has 0 aromatic heterocycles. The maximum Gasteiger partial charge on any atom is 0.0103 e. The number of rotatable bonds is 4. The van der Waals surface area contributed by atoms with E-state index in [2.05, 4.69) is 20.1 Å². The third-order valence-electron chi connectivity index (χ3n) is 1.47. The Hall–Kier alpha value is 0.0900. The van der Waals surface area contributed by atoms with Crippen LogP contribution in [0.2, 0.25) is 0 Å². The highest BCUT2D eigenvalue weighted by atomic mass is 32.2. The summed E-state index contributed by atoms with van der Waals surface area (Å²) in [5.41, 5.74) is 0. The van der Waals surface area contributed by atoms with Gasteiger partial charge in [0.15, 0.2) is 0 Å². The Morgan fingerprint density at radius 2 is 2.11 bits per heavy atom. The molecule has 0 atom stereocenters. The molecule has 1 radical (unpaired) electrons. The third-order valence-corrected chi connectivity index (χ3v) is 2.77. The first kappa shape index (κ1) is 9.09. The molecule has 0 spiro atoms. The molecule has 1 heteroatoms. The molecule has 0 bridgehead atoms. The Kier molecular flexibility index (Phi) is 4.03. The van der Waals surface area contributed by atoms with Gasteiger partial charge in [0, 0.05) is 4.75 Å². The van der Waals surface area contributed by atoms with Crippen LogP contribution >= 0.6 is 11.8 Å². The summed E-state index contributed by atoms with van der Waals surface area (Å²) in [6.07, 6.45) is 6.06. The van der Waals surface area contributed by atoms with Crippen molar-refractivity contribution in [2.75, 3.05) is 6.26 Å². The molecule has 0 unspecified atom stereocenters. The molecule has 0 saturated heterocycles. The fourth-order valence-electron chi connectivity index (χ4n) is 0.533. The summed E-state index contributed by atoms with van der Waals surface area (Å²) in [5, 5.41) is 0. The number of allylic oxidation sites excluding steroid dienone is 1. The first-order chi connectivity index (χ1) is 4.12. The molecule has 0 fully saturated rings. The summed E-state index contributed by atoms with van der Waals surface area (Å²) >= 11 is 1.89. The van der Waals surface area contributed by atoms with Gasteiger partial charge in [0.2, 0.25) is 0 Å². The zero-order valence-electron chi connectivity index (χ0n) is 6.48. The third kappa shape index (κ3) is 4.58. The molecule has 0 amide bonds. The van der Waals surface area contributed by atoms with Crippen LogP contribution in [0.15, 0.2) is 6.08 Å². The molecule has 0 nitrogen and oxygen atoms in total. The lowest BCUT2D eigenvalue weighted by Gasteiger charge is -2.20. The second-order valence-electron chi connectivity index (χ2n) is 2.74. The Balaban J connectivity index is 3.44. The Morgan fingerprint density at radius 3 is 2.44 bits per heavy atom. The molecule has 0 aliphatic rings. The van der Waals surface area contributed by atoms with Gasteiger partial charge in [-0.3, -0.25) is 0 Å². The molecule has 0 aromatic carbocycles. The van der Waals surface area contributed by atoms with Gasteiger partial charge in [-0.25, -0.2) is 0 Å². The van der Waals surface area contributed by atoms with E-state index in [0.29, 0.717) is 4.75 Å². The van der Waals surface area contributed by atoms with E-state index < -0.39 is 0 Å². The van der Waals surface area contributed by atoms with Crippen LogP contribution in [-0.2, 0) is 0 Å². The lowest BCUT2D eigenvalue weighted by Crippen LogP contribution is -2.12. The Morgan fingerprint density at radius 1 is 1.56 bits per heavy atom. The van der Waals surface area contributed by atoms with Crippen molar-refractivity contribution in [3.8, 4) is 0 Å². The van der Waals surface area contributed by atoms with Crippen molar-refractivity contribution in [3.63, 3.8) is 0 Å². The average molecular weight is 143 g/mol. The van der Waals surface area contributed by atoms with Crippen LogP contribution in [0.5, 0.6) is 0 Å². The highest BCUT2D eigenvalue weighted by Crippen LogP contribution is 2.26. The van der Waals surface area contributed by atoms with Crippen LogP contribution in [-0.4, -0.2) is 11.0 Å². The van der Waals surface area contributed by atoms with E-state index in [1.165, 1.54) is 6.42 Å². The quantitative estimate of drug-likeness (QED) is 0.583. The second-order valence-corrected chi connectivity index (χ2v) is 4.25. The van der Waals surface area contributed by atoms with Crippen molar-refractivity contribution in [2.45, 2.75) is 31.4 Å². The van der Waals surface area contributed by atoms with Crippen molar-refractivity contribution in [2.24, 2.45) is 0 Å². The number of hydrogen-bond acceptors (Lipinski definition) is 1. The van der Waals surface area contributed by atoms with E-state index in [1.807, 2.05) is 11.8 Å². The normalized spacial score (nSPS) is 11.4. The van der Waals surface area contributed by atoms with Crippen LogP contribution in [0, 0.1) is 6.58 Å². The highest BCUT2D eigenvalue weighted by Gasteiger charge is 2.13. The maximum absolute atomic E-state index is 5.26. The minimum absolute atomic E-state index is 0.399. The minimum Gasteiger partial charge on any atom is -0.159 e. The monoisotopic (exact) mass is 143 g/mol. The molecular formula is C8H15S. The molecule has 0 aliphatic carbocycles. The van der Waals surface area contributed by atoms with Crippen molar-refractivity contribution in [3.05, 3.63) is 12.7 Å². The topological polar surface area (TPSA) is 0 Å². The fourth-order valence-corrected chi connectivity index (χ4v) is 0.855. The Labute approximate surface area is 62.7 Å². The summed E-state index contributed by atoms with van der Waals surface area (Å²) < 4.78 is 0.399. The van der Waals surface area contributed by atoms with Gasteiger partial charge in [0.1, 0.15) is 0 Å². The standard InChI is InChI=1S/C8H15S/c1-5-6-7-8(2,3)9-4/h1,5H,6-7H2,2-4H3. The molecule has 0 aromatic rings. The van der Waals surface area contributed by atoms with Crippen LogP contribution in [0.3, 0.4) is 0 Å². The van der Waals surface area contributed by atoms with Gasteiger partial charge in [0.05, 0.1) is 0 Å². The van der Waals surface area contributed by atoms with Crippen molar-refractivity contribution < 1.29 is 0 Å². The van der Waals surface area contributed by atoms with Gasteiger partial charge in [-0.2, -0.15) is 11.8 Å². The SMILES string of the molecule is [CH]=CCCC(C)(C)SC. The smallest absolute Gasteiger partial charge is 0.0103 e. The van der Waals surface area contributed by atoms with Crippen molar-refractivity contribution in [1.82, 2.24) is 0 Å². The van der Waals surface area contributed by atoms with E-state index in [9.17, 15) is 0 Å². The lowest BCUT2D eigenvalue weighted by molar-refractivity contribution is 0.650. The first-order valence-corrected chi connectivity index (χ1v) is 4.43. The molecule has 0 heterocycles. The van der Waals surface area contributed by atoms with Crippen molar-refractivity contribution >= 4 is 11.8 Å². The lowest BCUT2D eigenvalue weighted by atomic mass is 10.1. The Bertz CT molecular complexity index is 84.6. The van der Waals surface area contributed by atoms with Crippen LogP contribution in [0.4, 0.5) is 0 Å². The van der Waals surface area contributed by atoms with Gasteiger partial charge in [-0.05, 0) is 19.1 Å². The summed E-state index contributed by atoms with van der Waals surface area (Å²) in [5.74, 6) is 0. The number of hydrogen-bond donors (Lipinski definition) is 0. The molecule has 9 heavy (non-hydrogen) atoms. The molecule has 0 saturated carbocycles. The van der Waals surface area contributed by atoms with E-state index in [-0.39, 0.29) is 0 Å². The zero-order valence-corrected chi connectivity index (χ0v) is 7.29. The zero-order chi connectivity index (χ0) is 7.33. The largest absolute Gasteiger partial charge is 0.159 e.